The number of aliphatic hydroxyl groups is 1. The second kappa shape index (κ2) is 9.33. The number of aromatic nitrogens is 2. The van der Waals surface area contributed by atoms with Crippen molar-refractivity contribution in [3.63, 3.8) is 0 Å². The van der Waals surface area contributed by atoms with Gasteiger partial charge in [0.1, 0.15) is 0 Å². The van der Waals surface area contributed by atoms with Gasteiger partial charge in [-0.1, -0.05) is 48.9 Å². The molecule has 0 fully saturated rings. The summed E-state index contributed by atoms with van der Waals surface area (Å²) < 4.78 is 6.65. The highest BCUT2D eigenvalue weighted by Gasteiger charge is 2.12. The molecule has 27 heavy (non-hydrogen) atoms. The maximum Gasteiger partial charge on any atom is 0.358 e. The molecule has 0 saturated heterocycles. The van der Waals surface area contributed by atoms with Crippen molar-refractivity contribution >= 4 is 16.7 Å². The van der Waals surface area contributed by atoms with Crippen LogP contribution in [0.25, 0.3) is 10.8 Å². The van der Waals surface area contributed by atoms with Gasteiger partial charge in [0.2, 0.25) is 0 Å². The van der Waals surface area contributed by atoms with Crippen molar-refractivity contribution in [2.75, 3.05) is 6.61 Å². The second-order valence-electron chi connectivity index (χ2n) is 6.76. The molecule has 0 amide bonds. The largest absolute Gasteiger partial charge is 0.461 e. The number of hydrogen-bond acceptors (Lipinski definition) is 4. The summed E-state index contributed by atoms with van der Waals surface area (Å²) >= 11 is 0. The van der Waals surface area contributed by atoms with Gasteiger partial charge in [0, 0.05) is 12.7 Å². The monoisotopic (exact) mass is 366 g/mol. The van der Waals surface area contributed by atoms with Crippen molar-refractivity contribution in [1.82, 2.24) is 9.55 Å². The summed E-state index contributed by atoms with van der Waals surface area (Å²) in [4.78, 5) is 15.6. The summed E-state index contributed by atoms with van der Waals surface area (Å²) in [7, 11) is 0. The standard InChI is InChI=1S/C22H26N2O3/c1-2-27-22(26)21-15-24(16-23-21)14-20(25)10-6-3-7-17-11-12-18-8-4-5-9-19(18)13-17/h4-5,8-9,11-13,15-16,20,25H,2-3,6-7,10,14H2,1H3. The quantitative estimate of drug-likeness (QED) is 0.459. The van der Waals surface area contributed by atoms with Crippen LogP contribution in [0.5, 0.6) is 0 Å². The van der Waals surface area contributed by atoms with Crippen LogP contribution in [0.15, 0.2) is 55.0 Å². The van der Waals surface area contributed by atoms with E-state index in [1.165, 1.54) is 16.3 Å². The Morgan fingerprint density at radius 3 is 2.81 bits per heavy atom. The predicted octanol–water partition coefficient (Wildman–Crippen LogP) is 3.99. The second-order valence-corrected chi connectivity index (χ2v) is 6.76. The highest BCUT2D eigenvalue weighted by Crippen LogP contribution is 2.17. The first-order valence-corrected chi connectivity index (χ1v) is 9.50. The molecule has 0 spiro atoms. The highest BCUT2D eigenvalue weighted by molar-refractivity contribution is 5.86. The lowest BCUT2D eigenvalue weighted by Crippen LogP contribution is -2.15. The first kappa shape index (κ1) is 19.1. The highest BCUT2D eigenvalue weighted by atomic mass is 16.5. The minimum Gasteiger partial charge on any atom is -0.461 e. The molecule has 5 nitrogen and oxygen atoms in total. The van der Waals surface area contributed by atoms with Crippen LogP contribution in [0.4, 0.5) is 0 Å². The smallest absolute Gasteiger partial charge is 0.358 e. The number of hydrogen-bond donors (Lipinski definition) is 1. The van der Waals surface area contributed by atoms with Crippen LogP contribution in [-0.2, 0) is 17.7 Å². The molecule has 142 valence electrons. The molecule has 5 heteroatoms. The number of imidazole rings is 1. The number of carbonyl (C=O) groups excluding carboxylic acids is 1. The Morgan fingerprint density at radius 1 is 1.19 bits per heavy atom. The Hall–Kier alpha value is -2.66. The molecule has 1 aromatic heterocycles. The minimum absolute atomic E-state index is 0.278. The lowest BCUT2D eigenvalue weighted by molar-refractivity contribution is 0.0519. The first-order valence-electron chi connectivity index (χ1n) is 9.50. The summed E-state index contributed by atoms with van der Waals surface area (Å²) in [6.45, 7) is 2.52. The van der Waals surface area contributed by atoms with Gasteiger partial charge in [-0.3, -0.25) is 0 Å². The molecule has 1 unspecified atom stereocenters. The van der Waals surface area contributed by atoms with Crippen molar-refractivity contribution in [3.8, 4) is 0 Å². The number of unbranched alkanes of at least 4 members (excludes halogenated alkanes) is 1. The number of aryl methyl sites for hydroxylation is 1. The van der Waals surface area contributed by atoms with E-state index >= 15 is 0 Å². The molecule has 0 aliphatic carbocycles. The topological polar surface area (TPSA) is 64.3 Å². The molecule has 3 aromatic rings. The molecule has 0 radical (unpaired) electrons. The number of ether oxygens (including phenoxy) is 1. The lowest BCUT2D eigenvalue weighted by Gasteiger charge is -2.11. The van der Waals surface area contributed by atoms with Crippen LogP contribution < -0.4 is 0 Å². The summed E-state index contributed by atoms with van der Waals surface area (Å²) in [6.07, 6.45) is 6.45. The van der Waals surface area contributed by atoms with Crippen LogP contribution in [0.2, 0.25) is 0 Å². The third kappa shape index (κ3) is 5.41. The Bertz CT molecular complexity index is 888. The molecule has 0 aliphatic heterocycles. The van der Waals surface area contributed by atoms with Crippen LogP contribution in [0.1, 0.15) is 42.2 Å². The predicted molar refractivity (Wildman–Crippen MR) is 106 cm³/mol. The van der Waals surface area contributed by atoms with Gasteiger partial charge in [0.05, 0.1) is 19.0 Å². The number of nitrogens with zero attached hydrogens (tertiary/aromatic N) is 2. The maximum atomic E-state index is 11.6. The average Bonchev–Trinajstić information content (AvgIpc) is 3.14. The SMILES string of the molecule is CCOC(=O)c1cn(CC(O)CCCCc2ccc3ccccc3c2)cn1. The van der Waals surface area contributed by atoms with E-state index < -0.39 is 12.1 Å². The molecular weight excluding hydrogens is 340 g/mol. The van der Waals surface area contributed by atoms with Gasteiger partial charge in [-0.25, -0.2) is 9.78 Å². The normalized spacial score (nSPS) is 12.2. The van der Waals surface area contributed by atoms with E-state index in [0.717, 1.165) is 25.7 Å². The van der Waals surface area contributed by atoms with Gasteiger partial charge in [-0.2, -0.15) is 0 Å². The molecule has 2 aromatic carbocycles. The van der Waals surface area contributed by atoms with Crippen molar-refractivity contribution in [2.24, 2.45) is 0 Å². The van der Waals surface area contributed by atoms with Crippen molar-refractivity contribution < 1.29 is 14.6 Å². The van der Waals surface area contributed by atoms with E-state index in [1.54, 1.807) is 24.0 Å². The molecule has 1 N–H and O–H groups in total. The number of fused-ring (bicyclic) bond motifs is 1. The van der Waals surface area contributed by atoms with Gasteiger partial charge >= 0.3 is 5.97 Å². The molecular formula is C22H26N2O3. The van der Waals surface area contributed by atoms with Gasteiger partial charge in [0.25, 0.3) is 0 Å². The fraction of sp³-hybridized carbons (Fsp3) is 0.364. The van der Waals surface area contributed by atoms with E-state index in [4.69, 9.17) is 4.74 Å². The van der Waals surface area contributed by atoms with Crippen LogP contribution >= 0.6 is 0 Å². The fourth-order valence-corrected chi connectivity index (χ4v) is 3.21. The third-order valence-corrected chi connectivity index (χ3v) is 4.61. The molecule has 0 bridgehead atoms. The molecule has 1 heterocycles. The van der Waals surface area contributed by atoms with Crippen molar-refractivity contribution in [1.29, 1.82) is 0 Å². The number of rotatable bonds is 9. The van der Waals surface area contributed by atoms with Crippen LogP contribution in [0, 0.1) is 0 Å². The number of esters is 1. The zero-order valence-corrected chi connectivity index (χ0v) is 15.7. The van der Waals surface area contributed by atoms with Gasteiger partial charge in [-0.05, 0) is 42.5 Å². The summed E-state index contributed by atoms with van der Waals surface area (Å²) in [5, 5.41) is 12.8. The Labute approximate surface area is 159 Å². The van der Waals surface area contributed by atoms with Crippen LogP contribution in [-0.4, -0.2) is 33.3 Å². The molecule has 1 atom stereocenters. The number of aliphatic hydroxyl groups excluding tert-OH is 1. The van der Waals surface area contributed by atoms with E-state index in [0.29, 0.717) is 13.2 Å². The molecule has 0 saturated carbocycles. The first-order chi connectivity index (χ1) is 13.2. The summed E-state index contributed by atoms with van der Waals surface area (Å²) in [5.74, 6) is -0.430. The van der Waals surface area contributed by atoms with Crippen LogP contribution in [0.3, 0.4) is 0 Å². The molecule has 3 rings (SSSR count). The maximum absolute atomic E-state index is 11.6. The fourth-order valence-electron chi connectivity index (χ4n) is 3.21. The minimum atomic E-state index is -0.453. The van der Waals surface area contributed by atoms with E-state index in [1.807, 2.05) is 0 Å². The van der Waals surface area contributed by atoms with E-state index in [-0.39, 0.29) is 5.69 Å². The van der Waals surface area contributed by atoms with Gasteiger partial charge < -0.3 is 14.4 Å². The molecule has 0 aliphatic rings. The summed E-state index contributed by atoms with van der Waals surface area (Å²) in [6, 6.07) is 15.0. The van der Waals surface area contributed by atoms with E-state index in [9.17, 15) is 9.90 Å². The number of benzene rings is 2. The zero-order chi connectivity index (χ0) is 19.1. The number of carbonyl (C=O) groups is 1. The van der Waals surface area contributed by atoms with Gasteiger partial charge in [-0.15, -0.1) is 0 Å². The Kier molecular flexibility index (Phi) is 6.60. The lowest BCUT2D eigenvalue weighted by atomic mass is 10.0. The Balaban J connectivity index is 1.41. The summed E-state index contributed by atoms with van der Waals surface area (Å²) in [5.41, 5.74) is 1.61. The average molecular weight is 366 g/mol. The zero-order valence-electron chi connectivity index (χ0n) is 15.7. The van der Waals surface area contributed by atoms with Crippen molar-refractivity contribution in [2.45, 2.75) is 45.3 Å². The third-order valence-electron chi connectivity index (χ3n) is 4.61. The van der Waals surface area contributed by atoms with E-state index in [2.05, 4.69) is 47.4 Å². The van der Waals surface area contributed by atoms with Gasteiger partial charge in [0.15, 0.2) is 5.69 Å². The Morgan fingerprint density at radius 2 is 2.00 bits per heavy atom. The van der Waals surface area contributed by atoms with Crippen molar-refractivity contribution in [3.05, 3.63) is 66.2 Å².